The number of hydrogen-bond acceptors (Lipinski definition) is 1. The smallest absolute Gasteiger partial charge is 0.0614 e. The molecule has 0 radical (unpaired) electrons. The fourth-order valence-corrected chi connectivity index (χ4v) is 3.05. The van der Waals surface area contributed by atoms with Gasteiger partial charge in [0.25, 0.3) is 0 Å². The van der Waals surface area contributed by atoms with Crippen LogP contribution < -0.4 is 0 Å². The van der Waals surface area contributed by atoms with E-state index in [1.165, 1.54) is 19.3 Å². The summed E-state index contributed by atoms with van der Waals surface area (Å²) in [6.07, 6.45) is 4.69. The van der Waals surface area contributed by atoms with Crippen molar-refractivity contribution in [2.45, 2.75) is 29.3 Å². The van der Waals surface area contributed by atoms with Gasteiger partial charge in [-0.15, -0.1) is 0 Å². The first kappa shape index (κ1) is 6.40. The summed E-state index contributed by atoms with van der Waals surface area (Å²) < 4.78 is 6.44. The molecule has 2 aliphatic rings. The van der Waals surface area contributed by atoms with E-state index in [0.717, 1.165) is 16.4 Å². The molecular weight excluding hydrogens is 227 g/mol. The molecule has 3 atom stereocenters. The molecule has 0 aromatic carbocycles. The van der Waals surface area contributed by atoms with Crippen molar-refractivity contribution in [3.63, 3.8) is 0 Å². The van der Waals surface area contributed by atoms with Crippen LogP contribution in [-0.4, -0.2) is 16.6 Å². The monoisotopic (exact) mass is 238 g/mol. The Morgan fingerprint density at radius 3 is 3.00 bits per heavy atom. The number of halogens is 1. The SMILES string of the molecule is I[C@H]1C[C@H]2CCO[C@H]2C1. The molecule has 0 bridgehead atoms. The van der Waals surface area contributed by atoms with Crippen LogP contribution in [0.3, 0.4) is 0 Å². The Morgan fingerprint density at radius 1 is 1.33 bits per heavy atom. The molecule has 0 N–H and O–H groups in total. The van der Waals surface area contributed by atoms with Gasteiger partial charge >= 0.3 is 0 Å². The van der Waals surface area contributed by atoms with Gasteiger partial charge in [-0.3, -0.25) is 0 Å². The highest BCUT2D eigenvalue weighted by atomic mass is 127. The Balaban J connectivity index is 2.02. The Morgan fingerprint density at radius 2 is 2.22 bits per heavy atom. The van der Waals surface area contributed by atoms with Gasteiger partial charge in [0.1, 0.15) is 0 Å². The lowest BCUT2D eigenvalue weighted by Crippen LogP contribution is -2.06. The fraction of sp³-hybridized carbons (Fsp3) is 1.00. The van der Waals surface area contributed by atoms with Crippen LogP contribution in [0.1, 0.15) is 19.3 Å². The summed E-state index contributed by atoms with van der Waals surface area (Å²) in [5, 5.41) is 0. The molecular formula is C7H11IO. The first-order chi connectivity index (χ1) is 4.36. The van der Waals surface area contributed by atoms with Gasteiger partial charge < -0.3 is 4.74 Å². The summed E-state index contributed by atoms with van der Waals surface area (Å²) in [5.41, 5.74) is 0. The van der Waals surface area contributed by atoms with Gasteiger partial charge in [0.15, 0.2) is 0 Å². The second-order valence-corrected chi connectivity index (χ2v) is 4.79. The third kappa shape index (κ3) is 1.11. The lowest BCUT2D eigenvalue weighted by atomic mass is 10.1. The van der Waals surface area contributed by atoms with Crippen LogP contribution in [0.5, 0.6) is 0 Å². The molecule has 0 spiro atoms. The molecule has 0 aromatic rings. The highest BCUT2D eigenvalue weighted by Crippen LogP contribution is 2.39. The van der Waals surface area contributed by atoms with Crippen LogP contribution in [0.2, 0.25) is 0 Å². The van der Waals surface area contributed by atoms with Crippen molar-refractivity contribution >= 4 is 22.6 Å². The summed E-state index contributed by atoms with van der Waals surface area (Å²) in [5.74, 6) is 0.923. The third-order valence-electron chi connectivity index (χ3n) is 2.39. The van der Waals surface area contributed by atoms with Crippen LogP contribution >= 0.6 is 22.6 Å². The Kier molecular flexibility index (Phi) is 1.69. The molecule has 1 nitrogen and oxygen atoms in total. The van der Waals surface area contributed by atoms with Crippen molar-refractivity contribution in [3.8, 4) is 0 Å². The quantitative estimate of drug-likeness (QED) is 0.463. The van der Waals surface area contributed by atoms with E-state index in [1.54, 1.807) is 0 Å². The van der Waals surface area contributed by atoms with E-state index < -0.39 is 0 Å². The average Bonchev–Trinajstić information content (AvgIpc) is 2.22. The third-order valence-corrected chi connectivity index (χ3v) is 3.41. The van der Waals surface area contributed by atoms with E-state index in [9.17, 15) is 0 Å². The lowest BCUT2D eigenvalue weighted by molar-refractivity contribution is 0.103. The van der Waals surface area contributed by atoms with Gasteiger partial charge in [-0.1, -0.05) is 22.6 Å². The largest absolute Gasteiger partial charge is 0.378 e. The van der Waals surface area contributed by atoms with Crippen molar-refractivity contribution in [1.29, 1.82) is 0 Å². The van der Waals surface area contributed by atoms with E-state index in [1.807, 2.05) is 0 Å². The second kappa shape index (κ2) is 2.38. The topological polar surface area (TPSA) is 9.23 Å². The van der Waals surface area contributed by atoms with Gasteiger partial charge in [0.2, 0.25) is 0 Å². The molecule has 9 heavy (non-hydrogen) atoms. The standard InChI is InChI=1S/C7H11IO/c8-6-3-5-1-2-9-7(5)4-6/h5-7H,1-4H2/t5-,6+,7+/m1/s1. The minimum absolute atomic E-state index is 0.645. The summed E-state index contributed by atoms with van der Waals surface area (Å²) in [4.78, 5) is 0. The van der Waals surface area contributed by atoms with E-state index in [2.05, 4.69) is 22.6 Å². The summed E-state index contributed by atoms with van der Waals surface area (Å²) in [7, 11) is 0. The van der Waals surface area contributed by atoms with Gasteiger partial charge in [-0.25, -0.2) is 0 Å². The summed E-state index contributed by atoms with van der Waals surface area (Å²) in [6.45, 7) is 1.03. The Bertz CT molecular complexity index is 103. The highest BCUT2D eigenvalue weighted by molar-refractivity contribution is 14.1. The maximum Gasteiger partial charge on any atom is 0.0614 e. The van der Waals surface area contributed by atoms with E-state index in [-0.39, 0.29) is 0 Å². The zero-order valence-electron chi connectivity index (χ0n) is 5.35. The minimum Gasteiger partial charge on any atom is -0.378 e. The maximum absolute atomic E-state index is 5.54. The van der Waals surface area contributed by atoms with E-state index in [4.69, 9.17) is 4.74 Å². The van der Waals surface area contributed by atoms with Crippen LogP contribution in [0, 0.1) is 5.92 Å². The van der Waals surface area contributed by atoms with Crippen molar-refractivity contribution in [2.75, 3.05) is 6.61 Å². The molecule has 1 heterocycles. The molecule has 0 amide bonds. The van der Waals surface area contributed by atoms with Crippen molar-refractivity contribution in [3.05, 3.63) is 0 Å². The maximum atomic E-state index is 5.54. The predicted octanol–water partition coefficient (Wildman–Crippen LogP) is 1.99. The molecule has 2 rings (SSSR count). The van der Waals surface area contributed by atoms with Crippen LogP contribution in [-0.2, 0) is 4.74 Å². The molecule has 1 aliphatic heterocycles. The number of fused-ring (bicyclic) bond motifs is 1. The molecule has 1 saturated carbocycles. The molecule has 1 aliphatic carbocycles. The molecule has 1 saturated heterocycles. The zero-order chi connectivity index (χ0) is 6.27. The fourth-order valence-electron chi connectivity index (χ4n) is 1.90. The van der Waals surface area contributed by atoms with Gasteiger partial charge in [0.05, 0.1) is 6.10 Å². The first-order valence-electron chi connectivity index (χ1n) is 3.62. The van der Waals surface area contributed by atoms with Crippen molar-refractivity contribution in [1.82, 2.24) is 0 Å². The highest BCUT2D eigenvalue weighted by Gasteiger charge is 2.36. The molecule has 52 valence electrons. The minimum atomic E-state index is 0.645. The first-order valence-corrected chi connectivity index (χ1v) is 4.86. The van der Waals surface area contributed by atoms with Crippen molar-refractivity contribution < 1.29 is 4.74 Å². The zero-order valence-corrected chi connectivity index (χ0v) is 7.50. The normalized spacial score (nSPS) is 49.7. The van der Waals surface area contributed by atoms with Crippen LogP contribution in [0.25, 0.3) is 0 Å². The van der Waals surface area contributed by atoms with E-state index >= 15 is 0 Å². The number of alkyl halides is 1. The molecule has 2 heteroatoms. The predicted molar refractivity (Wildman–Crippen MR) is 44.9 cm³/mol. The summed E-state index contributed by atoms with van der Waals surface area (Å²) in [6, 6.07) is 0. The van der Waals surface area contributed by atoms with Crippen LogP contribution in [0.15, 0.2) is 0 Å². The number of rotatable bonds is 0. The Hall–Kier alpha value is 0.690. The van der Waals surface area contributed by atoms with Crippen LogP contribution in [0.4, 0.5) is 0 Å². The number of hydrogen-bond donors (Lipinski definition) is 0. The number of ether oxygens (including phenoxy) is 1. The van der Waals surface area contributed by atoms with E-state index in [0.29, 0.717) is 6.10 Å². The average molecular weight is 238 g/mol. The van der Waals surface area contributed by atoms with Gasteiger partial charge in [0, 0.05) is 10.5 Å². The van der Waals surface area contributed by atoms with Crippen molar-refractivity contribution in [2.24, 2.45) is 5.92 Å². The molecule has 0 aromatic heterocycles. The van der Waals surface area contributed by atoms with Gasteiger partial charge in [-0.2, -0.15) is 0 Å². The summed E-state index contributed by atoms with van der Waals surface area (Å²) >= 11 is 2.54. The van der Waals surface area contributed by atoms with Gasteiger partial charge in [-0.05, 0) is 25.2 Å². The lowest BCUT2D eigenvalue weighted by Gasteiger charge is -2.04. The molecule has 2 fully saturated rings. The second-order valence-electron chi connectivity index (χ2n) is 3.03. The molecule has 0 unspecified atom stereocenters. The Labute approximate surface area is 69.3 Å².